The van der Waals surface area contributed by atoms with E-state index in [1.807, 2.05) is 0 Å². The second-order valence-electron chi connectivity index (χ2n) is 5.36. The van der Waals surface area contributed by atoms with E-state index in [4.69, 9.17) is 5.11 Å². The maximum Gasteiger partial charge on any atom is 0.124 e. The highest BCUT2D eigenvalue weighted by Crippen LogP contribution is 2.26. The lowest BCUT2D eigenvalue weighted by molar-refractivity contribution is 0.0944. The van der Waals surface area contributed by atoms with Crippen molar-refractivity contribution in [2.45, 2.75) is 38.3 Å². The third kappa shape index (κ3) is 4.53. The Morgan fingerprint density at radius 1 is 1.24 bits per heavy atom. The quantitative estimate of drug-likeness (QED) is 0.787. The van der Waals surface area contributed by atoms with Gasteiger partial charge in [0.15, 0.2) is 0 Å². The summed E-state index contributed by atoms with van der Waals surface area (Å²) in [6.07, 6.45) is 3.94. The number of benzene rings is 1. The summed E-state index contributed by atoms with van der Waals surface area (Å²) in [6.45, 7) is 1.44. The lowest BCUT2D eigenvalue weighted by Gasteiger charge is -2.37. The normalized spacial score (nSPS) is 14.7. The van der Waals surface area contributed by atoms with Gasteiger partial charge in [-0.25, -0.2) is 4.39 Å². The second-order valence-corrected chi connectivity index (χ2v) is 5.36. The van der Waals surface area contributed by atoms with Gasteiger partial charge in [0.05, 0.1) is 13.2 Å². The van der Waals surface area contributed by atoms with Crippen molar-refractivity contribution < 1.29 is 14.6 Å². The summed E-state index contributed by atoms with van der Waals surface area (Å²) in [6, 6.07) is 5.17. The molecular formula is C17H22FNO2. The molecule has 2 rings (SSSR count). The lowest BCUT2D eigenvalue weighted by Crippen LogP contribution is -2.41. The largest absolute Gasteiger partial charge is 0.395 e. The molecule has 21 heavy (non-hydrogen) atoms. The fourth-order valence-corrected chi connectivity index (χ4v) is 2.51. The highest BCUT2D eigenvalue weighted by Gasteiger charge is 2.24. The molecule has 0 atom stereocenters. The third-order valence-electron chi connectivity index (χ3n) is 3.88. The lowest BCUT2D eigenvalue weighted by atomic mass is 9.91. The Labute approximate surface area is 125 Å². The number of hydrogen-bond donors (Lipinski definition) is 2. The molecule has 0 aliphatic heterocycles. The van der Waals surface area contributed by atoms with Crippen molar-refractivity contribution in [3.05, 3.63) is 35.1 Å². The summed E-state index contributed by atoms with van der Waals surface area (Å²) < 4.78 is 13.4. The molecule has 0 saturated heterocycles. The molecule has 1 aliphatic carbocycles. The van der Waals surface area contributed by atoms with Gasteiger partial charge in [-0.1, -0.05) is 24.3 Å². The summed E-state index contributed by atoms with van der Waals surface area (Å²) in [5.41, 5.74) is 1.65. The van der Waals surface area contributed by atoms with E-state index in [9.17, 15) is 9.50 Å². The number of aliphatic hydroxyl groups is 2. The van der Waals surface area contributed by atoms with Gasteiger partial charge in [-0.15, -0.1) is 0 Å². The summed E-state index contributed by atoms with van der Waals surface area (Å²) in [7, 11) is 0. The van der Waals surface area contributed by atoms with E-state index >= 15 is 0 Å². The Bertz CT molecular complexity index is 517. The van der Waals surface area contributed by atoms with Crippen LogP contribution in [0.5, 0.6) is 0 Å². The molecule has 0 unspecified atom stereocenters. The number of rotatable bonds is 6. The van der Waals surface area contributed by atoms with Crippen molar-refractivity contribution >= 4 is 0 Å². The van der Waals surface area contributed by atoms with E-state index in [1.54, 1.807) is 6.07 Å². The fourth-order valence-electron chi connectivity index (χ4n) is 2.51. The highest BCUT2D eigenvalue weighted by atomic mass is 19.1. The number of aliphatic hydroxyl groups excluding tert-OH is 2. The van der Waals surface area contributed by atoms with Gasteiger partial charge in [0.2, 0.25) is 0 Å². The van der Waals surface area contributed by atoms with Crippen LogP contribution in [0.3, 0.4) is 0 Å². The smallest absolute Gasteiger partial charge is 0.124 e. The van der Waals surface area contributed by atoms with Gasteiger partial charge in [0.1, 0.15) is 5.82 Å². The molecule has 1 aromatic carbocycles. The SMILES string of the molecule is OCCC#Cc1cc(F)ccc1CN(CCO)C1CCC1. The van der Waals surface area contributed by atoms with Gasteiger partial charge >= 0.3 is 0 Å². The minimum Gasteiger partial charge on any atom is -0.395 e. The van der Waals surface area contributed by atoms with Crippen molar-refractivity contribution in [2.24, 2.45) is 0 Å². The van der Waals surface area contributed by atoms with Gasteiger partial charge in [0.25, 0.3) is 0 Å². The zero-order chi connectivity index (χ0) is 15.1. The maximum absolute atomic E-state index is 13.4. The molecule has 114 valence electrons. The van der Waals surface area contributed by atoms with Crippen LogP contribution in [0.4, 0.5) is 4.39 Å². The van der Waals surface area contributed by atoms with Gasteiger partial charge in [-0.2, -0.15) is 0 Å². The first-order valence-electron chi connectivity index (χ1n) is 7.47. The summed E-state index contributed by atoms with van der Waals surface area (Å²) in [4.78, 5) is 2.24. The summed E-state index contributed by atoms with van der Waals surface area (Å²) in [5, 5.41) is 18.0. The first-order valence-corrected chi connectivity index (χ1v) is 7.47. The van der Waals surface area contributed by atoms with Crippen LogP contribution < -0.4 is 0 Å². The molecular weight excluding hydrogens is 269 g/mol. The van der Waals surface area contributed by atoms with Gasteiger partial charge in [0, 0.05) is 31.1 Å². The standard InChI is InChI=1S/C17H22FNO2/c18-16-8-7-15(14(12-16)4-1-2-10-20)13-19(9-11-21)17-5-3-6-17/h7-8,12,17,20-21H,2-3,5-6,9-11,13H2. The predicted molar refractivity (Wildman–Crippen MR) is 80.1 cm³/mol. The molecule has 2 N–H and O–H groups in total. The van der Waals surface area contributed by atoms with Crippen LogP contribution in [0.2, 0.25) is 0 Å². The van der Waals surface area contributed by atoms with Crippen molar-refractivity contribution in [1.82, 2.24) is 4.90 Å². The molecule has 0 heterocycles. The average molecular weight is 291 g/mol. The zero-order valence-corrected chi connectivity index (χ0v) is 12.2. The molecule has 1 aromatic rings. The Kier molecular flexibility index (Phi) is 6.19. The number of nitrogens with zero attached hydrogens (tertiary/aromatic N) is 1. The molecule has 0 amide bonds. The topological polar surface area (TPSA) is 43.7 Å². The van der Waals surface area contributed by atoms with Gasteiger partial charge in [-0.3, -0.25) is 4.90 Å². The second kappa shape index (κ2) is 8.14. The molecule has 1 fully saturated rings. The monoisotopic (exact) mass is 291 g/mol. The average Bonchev–Trinajstić information content (AvgIpc) is 2.40. The van der Waals surface area contributed by atoms with Gasteiger partial charge in [-0.05, 0) is 30.5 Å². The molecule has 4 heteroatoms. The Morgan fingerprint density at radius 3 is 2.67 bits per heavy atom. The number of halogens is 1. The Balaban J connectivity index is 2.15. The van der Waals surface area contributed by atoms with Crippen molar-refractivity contribution in [3.8, 4) is 11.8 Å². The van der Waals surface area contributed by atoms with Crippen LogP contribution in [0.1, 0.15) is 36.8 Å². The molecule has 0 bridgehead atoms. The van der Waals surface area contributed by atoms with Crippen LogP contribution in [-0.2, 0) is 6.54 Å². The third-order valence-corrected chi connectivity index (χ3v) is 3.88. The van der Waals surface area contributed by atoms with Crippen molar-refractivity contribution in [1.29, 1.82) is 0 Å². The molecule has 0 radical (unpaired) electrons. The van der Waals surface area contributed by atoms with E-state index in [0.29, 0.717) is 31.1 Å². The first kappa shape index (κ1) is 16.0. The van der Waals surface area contributed by atoms with Crippen LogP contribution in [0.15, 0.2) is 18.2 Å². The van der Waals surface area contributed by atoms with E-state index in [-0.39, 0.29) is 19.0 Å². The van der Waals surface area contributed by atoms with Crippen LogP contribution >= 0.6 is 0 Å². The minimum absolute atomic E-state index is 0.0103. The summed E-state index contributed by atoms with van der Waals surface area (Å²) in [5.74, 6) is 5.48. The molecule has 0 aromatic heterocycles. The van der Waals surface area contributed by atoms with Crippen LogP contribution in [-0.4, -0.2) is 40.9 Å². The minimum atomic E-state index is -0.301. The highest BCUT2D eigenvalue weighted by molar-refractivity contribution is 5.41. The predicted octanol–water partition coefficient (Wildman–Crippen LogP) is 1.91. The van der Waals surface area contributed by atoms with E-state index in [1.165, 1.54) is 18.6 Å². The molecule has 1 saturated carbocycles. The van der Waals surface area contributed by atoms with Crippen LogP contribution in [0, 0.1) is 17.7 Å². The fraction of sp³-hybridized carbons (Fsp3) is 0.529. The van der Waals surface area contributed by atoms with Gasteiger partial charge < -0.3 is 10.2 Å². The first-order chi connectivity index (χ1) is 10.2. The van der Waals surface area contributed by atoms with Crippen molar-refractivity contribution in [2.75, 3.05) is 19.8 Å². The van der Waals surface area contributed by atoms with Crippen LogP contribution in [0.25, 0.3) is 0 Å². The maximum atomic E-state index is 13.4. The molecule has 0 spiro atoms. The summed E-state index contributed by atoms with van der Waals surface area (Å²) >= 11 is 0. The number of hydrogen-bond acceptors (Lipinski definition) is 3. The van der Waals surface area contributed by atoms with Crippen molar-refractivity contribution in [3.63, 3.8) is 0 Å². The van der Waals surface area contributed by atoms with E-state index in [2.05, 4.69) is 16.7 Å². The zero-order valence-electron chi connectivity index (χ0n) is 12.2. The molecule has 3 nitrogen and oxygen atoms in total. The Morgan fingerprint density at radius 2 is 2.05 bits per heavy atom. The molecule has 1 aliphatic rings. The Hall–Kier alpha value is -1.41. The van der Waals surface area contributed by atoms with E-state index < -0.39 is 0 Å². The van der Waals surface area contributed by atoms with E-state index in [0.717, 1.165) is 18.4 Å².